The fourth-order valence-corrected chi connectivity index (χ4v) is 2.78. The minimum absolute atomic E-state index is 0.0266. The van der Waals surface area contributed by atoms with E-state index in [1.807, 2.05) is 24.3 Å². The Labute approximate surface area is 151 Å². The summed E-state index contributed by atoms with van der Waals surface area (Å²) < 4.78 is 0. The third kappa shape index (κ3) is 5.75. The molecule has 0 saturated heterocycles. The van der Waals surface area contributed by atoms with Gasteiger partial charge in [0.05, 0.1) is 6.44 Å². The van der Waals surface area contributed by atoms with Gasteiger partial charge in [0.15, 0.2) is 0 Å². The average molecular weight is 362 g/mol. The highest BCUT2D eigenvalue weighted by Gasteiger charge is 2.26. The number of fused-ring (bicyclic) bond motifs is 1. The van der Waals surface area contributed by atoms with Gasteiger partial charge >= 0.3 is 13.1 Å². The van der Waals surface area contributed by atoms with Gasteiger partial charge in [0.1, 0.15) is 6.04 Å². The Morgan fingerprint density at radius 3 is 2.58 bits per heavy atom. The van der Waals surface area contributed by atoms with Gasteiger partial charge in [0.2, 0.25) is 11.8 Å². The van der Waals surface area contributed by atoms with Crippen LogP contribution in [-0.4, -0.2) is 58.9 Å². The summed E-state index contributed by atoms with van der Waals surface area (Å²) in [5.41, 5.74) is 7.36. The van der Waals surface area contributed by atoms with E-state index < -0.39 is 31.0 Å². The zero-order valence-electron chi connectivity index (χ0n) is 14.4. The molecule has 0 fully saturated rings. The Bertz CT molecular complexity index is 670. The van der Waals surface area contributed by atoms with Crippen molar-refractivity contribution in [2.24, 2.45) is 5.73 Å². The molecule has 4 amide bonds. The molecule has 1 aliphatic rings. The number of primary amides is 1. The number of nitrogens with one attached hydrogen (secondary N) is 2. The molecule has 6 N–H and O–H groups in total. The largest absolute Gasteiger partial charge is 0.472 e. The Hall–Kier alpha value is -2.59. The highest BCUT2D eigenvalue weighted by atomic mass is 16.4. The van der Waals surface area contributed by atoms with Crippen LogP contribution in [0.4, 0.5) is 4.79 Å². The molecule has 1 aliphatic heterocycles. The van der Waals surface area contributed by atoms with Gasteiger partial charge in [-0.1, -0.05) is 24.3 Å². The number of hydrogen-bond donors (Lipinski definition) is 5. The molecule has 1 aromatic carbocycles. The highest BCUT2D eigenvalue weighted by molar-refractivity contribution is 6.41. The minimum Gasteiger partial charge on any atom is -0.426 e. The summed E-state index contributed by atoms with van der Waals surface area (Å²) in [5.74, 6) is -1.20. The van der Waals surface area contributed by atoms with Gasteiger partial charge in [-0.05, 0) is 24.0 Å². The number of carbonyl (C=O) groups excluding carboxylic acids is 3. The Kier molecular flexibility index (Phi) is 6.99. The van der Waals surface area contributed by atoms with Crippen molar-refractivity contribution in [2.45, 2.75) is 31.8 Å². The van der Waals surface area contributed by atoms with E-state index in [4.69, 9.17) is 15.8 Å². The topological polar surface area (TPSA) is 145 Å². The molecule has 0 aromatic heterocycles. The van der Waals surface area contributed by atoms with Crippen molar-refractivity contribution >= 4 is 25.0 Å². The molecule has 10 heteroatoms. The summed E-state index contributed by atoms with van der Waals surface area (Å²) >= 11 is 0. The van der Waals surface area contributed by atoms with Crippen LogP contribution in [0.15, 0.2) is 24.3 Å². The van der Waals surface area contributed by atoms with E-state index >= 15 is 0 Å². The van der Waals surface area contributed by atoms with E-state index in [-0.39, 0.29) is 19.3 Å². The lowest BCUT2D eigenvalue weighted by Crippen LogP contribution is -2.53. The van der Waals surface area contributed by atoms with Gasteiger partial charge < -0.3 is 31.3 Å². The second-order valence-electron chi connectivity index (χ2n) is 6.17. The number of amides is 4. The summed E-state index contributed by atoms with van der Waals surface area (Å²) in [7, 11) is -1.70. The summed E-state index contributed by atoms with van der Waals surface area (Å²) in [4.78, 5) is 37.3. The third-order valence-electron chi connectivity index (χ3n) is 4.17. The van der Waals surface area contributed by atoms with Crippen LogP contribution in [0.25, 0.3) is 0 Å². The van der Waals surface area contributed by atoms with Crippen molar-refractivity contribution < 1.29 is 24.4 Å². The van der Waals surface area contributed by atoms with E-state index in [9.17, 15) is 14.4 Å². The van der Waals surface area contributed by atoms with Crippen LogP contribution in [-0.2, 0) is 22.6 Å². The molecule has 1 heterocycles. The second kappa shape index (κ2) is 9.21. The normalized spacial score (nSPS) is 14.2. The molecule has 26 heavy (non-hydrogen) atoms. The van der Waals surface area contributed by atoms with Gasteiger partial charge in [0.25, 0.3) is 0 Å². The minimum atomic E-state index is -1.70. The zero-order chi connectivity index (χ0) is 19.1. The molecule has 0 bridgehead atoms. The maximum Gasteiger partial charge on any atom is 0.472 e. The lowest BCUT2D eigenvalue weighted by molar-refractivity contribution is -0.123. The molecule has 0 saturated carbocycles. The first-order valence-corrected chi connectivity index (χ1v) is 8.41. The predicted molar refractivity (Wildman–Crippen MR) is 94.5 cm³/mol. The standard InChI is InChI=1S/C16H23BN4O5/c18-14(22)6-5-13(15(23)19-10-17(25)26)20-16(24)21-8-7-11-3-1-2-4-12(11)9-21/h1-4,13,25-26H,5-10H2,(H2,18,22)(H,19,23)(H,20,24)/t13-/m0/s1. The molecule has 0 unspecified atom stereocenters. The number of carbonyl (C=O) groups is 3. The van der Waals surface area contributed by atoms with Crippen molar-refractivity contribution in [2.75, 3.05) is 13.0 Å². The number of nitrogens with zero attached hydrogens (tertiary/aromatic N) is 1. The lowest BCUT2D eigenvalue weighted by atomic mass is 9.92. The second-order valence-corrected chi connectivity index (χ2v) is 6.17. The maximum atomic E-state index is 12.5. The molecule has 9 nitrogen and oxygen atoms in total. The quantitative estimate of drug-likeness (QED) is 0.376. The Balaban J connectivity index is 1.98. The van der Waals surface area contributed by atoms with Crippen LogP contribution in [0, 0.1) is 0 Å². The maximum absolute atomic E-state index is 12.5. The summed E-state index contributed by atoms with van der Waals surface area (Å²) in [6.45, 7) is 0.948. The molecule has 140 valence electrons. The average Bonchev–Trinajstić information content (AvgIpc) is 2.62. The highest BCUT2D eigenvalue weighted by Crippen LogP contribution is 2.18. The van der Waals surface area contributed by atoms with Crippen LogP contribution in [0.1, 0.15) is 24.0 Å². The van der Waals surface area contributed by atoms with Gasteiger partial charge in [-0.2, -0.15) is 0 Å². The first-order valence-electron chi connectivity index (χ1n) is 8.41. The van der Waals surface area contributed by atoms with Gasteiger partial charge in [-0.3, -0.25) is 9.59 Å². The monoisotopic (exact) mass is 362 g/mol. The van der Waals surface area contributed by atoms with E-state index in [2.05, 4.69) is 10.6 Å². The number of rotatable bonds is 7. The van der Waals surface area contributed by atoms with E-state index in [1.165, 1.54) is 5.56 Å². The summed E-state index contributed by atoms with van der Waals surface area (Å²) in [6, 6.07) is 6.42. The van der Waals surface area contributed by atoms with E-state index in [0.717, 1.165) is 12.0 Å². The molecule has 0 spiro atoms. The molecular weight excluding hydrogens is 339 g/mol. The summed E-state index contributed by atoms with van der Waals surface area (Å²) in [5, 5.41) is 22.6. The van der Waals surface area contributed by atoms with Crippen molar-refractivity contribution in [3.8, 4) is 0 Å². The van der Waals surface area contributed by atoms with Crippen molar-refractivity contribution in [1.82, 2.24) is 15.5 Å². The first kappa shape index (κ1) is 19.7. The fraction of sp³-hybridized carbons (Fsp3) is 0.438. The molecule has 0 aliphatic carbocycles. The SMILES string of the molecule is NC(=O)CC[C@H](NC(=O)N1CCc2ccccc2C1)C(=O)NCB(O)O. The third-order valence-corrected chi connectivity index (χ3v) is 4.17. The smallest absolute Gasteiger partial charge is 0.426 e. The summed E-state index contributed by atoms with van der Waals surface area (Å²) in [6.07, 6.45) is 0.291. The predicted octanol–water partition coefficient (Wildman–Crippen LogP) is -1.48. The Morgan fingerprint density at radius 2 is 1.92 bits per heavy atom. The molecular formula is C16H23BN4O5. The van der Waals surface area contributed by atoms with E-state index in [0.29, 0.717) is 13.1 Å². The van der Waals surface area contributed by atoms with Crippen LogP contribution in [0.3, 0.4) is 0 Å². The van der Waals surface area contributed by atoms with Crippen LogP contribution in [0.2, 0.25) is 0 Å². The fourth-order valence-electron chi connectivity index (χ4n) is 2.78. The number of nitrogens with two attached hydrogens (primary N) is 1. The van der Waals surface area contributed by atoms with E-state index in [1.54, 1.807) is 4.90 Å². The van der Waals surface area contributed by atoms with Gasteiger partial charge in [-0.25, -0.2) is 4.79 Å². The lowest BCUT2D eigenvalue weighted by Gasteiger charge is -2.30. The first-order chi connectivity index (χ1) is 12.4. The number of benzene rings is 1. The van der Waals surface area contributed by atoms with Gasteiger partial charge in [0, 0.05) is 19.5 Å². The Morgan fingerprint density at radius 1 is 1.23 bits per heavy atom. The number of urea groups is 1. The molecule has 0 radical (unpaired) electrons. The molecule has 1 atom stereocenters. The van der Waals surface area contributed by atoms with Crippen molar-refractivity contribution in [3.05, 3.63) is 35.4 Å². The van der Waals surface area contributed by atoms with Crippen molar-refractivity contribution in [3.63, 3.8) is 0 Å². The van der Waals surface area contributed by atoms with Gasteiger partial charge in [-0.15, -0.1) is 0 Å². The zero-order valence-corrected chi connectivity index (χ0v) is 14.4. The molecule has 2 rings (SSSR count). The van der Waals surface area contributed by atoms with Crippen LogP contribution in [0.5, 0.6) is 0 Å². The van der Waals surface area contributed by atoms with Crippen LogP contribution >= 0.6 is 0 Å². The van der Waals surface area contributed by atoms with Crippen molar-refractivity contribution in [1.29, 1.82) is 0 Å². The molecule has 1 aromatic rings. The number of hydrogen-bond acceptors (Lipinski definition) is 5. The van der Waals surface area contributed by atoms with Crippen LogP contribution < -0.4 is 16.4 Å².